The van der Waals surface area contributed by atoms with Gasteiger partial charge < -0.3 is 0 Å². The fraction of sp³-hybridized carbons (Fsp3) is 0.0286. The molecular weight excluding hydrogens is 1520 g/mol. The number of halogens is 20. The third-order valence-corrected chi connectivity index (χ3v) is 19.5. The number of nitrogens with zero attached hydrogens (tertiary/aromatic N) is 4. The van der Waals surface area contributed by atoms with Crippen molar-refractivity contribution >= 4 is 63.7 Å². The molecule has 24 heteroatoms. The van der Waals surface area contributed by atoms with Gasteiger partial charge in [0.2, 0.25) is 0 Å². The summed E-state index contributed by atoms with van der Waals surface area (Å²) in [6, 6.07) is 38.8. The normalized spacial score (nSPS) is 13.5. The van der Waals surface area contributed by atoms with Crippen LogP contribution in [0, 0.1) is 94.1 Å². The highest BCUT2D eigenvalue weighted by Crippen LogP contribution is 2.66. The number of aromatic nitrogens is 4. The van der Waals surface area contributed by atoms with E-state index in [9.17, 15) is 35.1 Å². The molecule has 0 saturated carbocycles. The molecule has 8 aromatic carbocycles. The van der Waals surface area contributed by atoms with E-state index in [1.165, 1.54) is 72.8 Å². The lowest BCUT2D eigenvalue weighted by molar-refractivity contribution is 0.410. The second-order valence-electron chi connectivity index (χ2n) is 22.1. The van der Waals surface area contributed by atoms with Gasteiger partial charge in [-0.25, -0.2) is 35.1 Å². The Kier molecular flexibility index (Phi) is 14.3. The Morgan fingerprint density at radius 1 is 0.202 bits per heavy atom. The molecule has 0 saturated heterocycles. The van der Waals surface area contributed by atoms with Gasteiger partial charge in [0.1, 0.15) is 0 Å². The molecule has 4 aliphatic rings. The summed E-state index contributed by atoms with van der Waals surface area (Å²) in [5, 5.41) is 0. The Hall–Kier alpha value is -8.84. The molecule has 464 valence electrons. The second-order valence-corrected chi connectivity index (χ2v) is 25.7. The van der Waals surface area contributed by atoms with Gasteiger partial charge in [-0.1, -0.05) is 137 Å². The van der Waals surface area contributed by atoms with E-state index in [0.717, 1.165) is 22.3 Å². The topological polar surface area (TPSA) is 51.6 Å². The van der Waals surface area contributed by atoms with Crippen molar-refractivity contribution in [1.29, 1.82) is 0 Å². The maximum Gasteiger partial charge on any atom is 0.252 e. The SMILES string of the molecule is Fc1nc(F)c(F)c(-c2ccc3c(c2)C2(c4cc(Br)ccc4-c4ccc(Br)cc42)c2cc(-c4c(F)c(F)nc(F)c4F)ccc2-3)c1F.Fc1nc(F)c(F)c(-c2ccc3c(c2)C2(c4cc(Br)ccc4-c4ccc(Br)cc42)c2cc(-c4c(F)c(F)nc(F)c4F)ccc2-3)c1F. The average molecular weight is 1540 g/mol. The van der Waals surface area contributed by atoms with Crippen LogP contribution in [0.15, 0.2) is 163 Å². The number of fused-ring (bicyclic) bond motifs is 20. The Labute approximate surface area is 552 Å². The molecule has 4 aromatic heterocycles. The summed E-state index contributed by atoms with van der Waals surface area (Å²) in [6.45, 7) is 0. The fourth-order valence-corrected chi connectivity index (χ4v) is 15.4. The van der Waals surface area contributed by atoms with Crippen molar-refractivity contribution in [2.45, 2.75) is 10.8 Å². The molecule has 4 nitrogen and oxygen atoms in total. The van der Waals surface area contributed by atoms with Gasteiger partial charge in [0, 0.05) is 17.9 Å². The van der Waals surface area contributed by atoms with Crippen LogP contribution in [0.5, 0.6) is 0 Å². The molecule has 0 bridgehead atoms. The molecule has 4 heterocycles. The Bertz CT molecular complexity index is 4680. The zero-order chi connectivity index (χ0) is 66.2. The van der Waals surface area contributed by atoms with Crippen LogP contribution in [-0.4, -0.2) is 19.9 Å². The van der Waals surface area contributed by atoms with Crippen molar-refractivity contribution in [2.24, 2.45) is 0 Å². The maximum atomic E-state index is 15.1. The van der Waals surface area contributed by atoms with Gasteiger partial charge in [0.15, 0.2) is 46.5 Å². The molecule has 0 radical (unpaired) electrons. The second kappa shape index (κ2) is 21.9. The van der Waals surface area contributed by atoms with Gasteiger partial charge in [-0.05, 0) is 184 Å². The van der Waals surface area contributed by atoms with Crippen LogP contribution in [0.4, 0.5) is 70.2 Å². The van der Waals surface area contributed by atoms with Gasteiger partial charge in [0.25, 0.3) is 47.6 Å². The minimum Gasteiger partial charge on any atom is -0.201 e. The number of hydrogen-bond donors (Lipinski definition) is 0. The average Bonchev–Trinajstić information content (AvgIpc) is 1.51. The lowest BCUT2D eigenvalue weighted by Crippen LogP contribution is -2.26. The van der Waals surface area contributed by atoms with Crippen LogP contribution in [0.3, 0.4) is 0 Å². The smallest absolute Gasteiger partial charge is 0.201 e. The lowest BCUT2D eigenvalue weighted by Gasteiger charge is -2.31. The molecule has 2 spiro atoms. The first kappa shape index (κ1) is 61.3. The molecule has 0 aliphatic heterocycles. The largest absolute Gasteiger partial charge is 0.252 e. The molecule has 16 rings (SSSR count). The summed E-state index contributed by atoms with van der Waals surface area (Å²) >= 11 is 14.1. The van der Waals surface area contributed by atoms with Crippen LogP contribution in [-0.2, 0) is 10.8 Å². The van der Waals surface area contributed by atoms with Crippen molar-refractivity contribution in [3.8, 4) is 89.0 Å². The van der Waals surface area contributed by atoms with E-state index in [1.807, 2.05) is 72.8 Å². The predicted octanol–water partition coefficient (Wildman–Crippen LogP) is 21.6. The van der Waals surface area contributed by atoms with Gasteiger partial charge >= 0.3 is 0 Å². The number of pyridine rings is 4. The highest BCUT2D eigenvalue weighted by molar-refractivity contribution is 9.11. The van der Waals surface area contributed by atoms with Gasteiger partial charge in [-0.15, -0.1) is 0 Å². The van der Waals surface area contributed by atoms with Crippen molar-refractivity contribution < 1.29 is 70.2 Å². The summed E-state index contributed by atoms with van der Waals surface area (Å²) in [4.78, 5) is 10.7. The summed E-state index contributed by atoms with van der Waals surface area (Å²) in [5.41, 5.74) is 1.94. The summed E-state index contributed by atoms with van der Waals surface area (Å²) in [6.07, 6.45) is 0. The van der Waals surface area contributed by atoms with E-state index in [-0.39, 0.29) is 22.3 Å². The van der Waals surface area contributed by atoms with E-state index < -0.39 is 127 Å². The Balaban J connectivity index is 0.000000155. The summed E-state index contributed by atoms with van der Waals surface area (Å²) in [5.74, 6) is -28.2. The van der Waals surface area contributed by atoms with Crippen LogP contribution >= 0.6 is 63.7 Å². The quantitative estimate of drug-likeness (QED) is 0.130. The molecule has 0 atom stereocenters. The molecule has 0 fully saturated rings. The van der Waals surface area contributed by atoms with Crippen LogP contribution in [0.25, 0.3) is 89.0 Å². The van der Waals surface area contributed by atoms with Crippen molar-refractivity contribution in [3.63, 3.8) is 0 Å². The highest BCUT2D eigenvalue weighted by atomic mass is 79.9. The number of benzene rings is 8. The van der Waals surface area contributed by atoms with Crippen molar-refractivity contribution in [2.75, 3.05) is 0 Å². The lowest BCUT2D eigenvalue weighted by atomic mass is 9.70. The standard InChI is InChI=1S/2C35H12Br2F8N2/c2*36-15-3-7-19-20-8-4-16(37)12-24(20)35(23(19)11-15)21-9-13(25-27(38)31(42)46-32(43)28(25)39)1-5-17(21)18-6-2-14(10-22(18)35)26-29(40)33(44)47-34(45)30(26)41/h2*1-12H. The Morgan fingerprint density at radius 3 is 0.521 bits per heavy atom. The van der Waals surface area contributed by atoms with E-state index in [1.54, 1.807) is 0 Å². The van der Waals surface area contributed by atoms with Gasteiger partial charge in [-0.3, -0.25) is 0 Å². The third-order valence-electron chi connectivity index (χ3n) is 17.5. The fourth-order valence-electron chi connectivity index (χ4n) is 13.9. The summed E-state index contributed by atoms with van der Waals surface area (Å²) < 4.78 is 237. The molecule has 12 aromatic rings. The minimum absolute atomic E-state index is 0.207. The van der Waals surface area contributed by atoms with Crippen LogP contribution in [0.2, 0.25) is 0 Å². The Morgan fingerprint density at radius 2 is 0.351 bits per heavy atom. The third kappa shape index (κ3) is 8.62. The molecule has 0 N–H and O–H groups in total. The van der Waals surface area contributed by atoms with E-state index in [4.69, 9.17) is 0 Å². The molecule has 4 aliphatic carbocycles. The molecular formula is C70H24Br4F16N4. The van der Waals surface area contributed by atoms with E-state index in [2.05, 4.69) is 83.7 Å². The first-order valence-electron chi connectivity index (χ1n) is 27.5. The number of hydrogen-bond acceptors (Lipinski definition) is 4. The van der Waals surface area contributed by atoms with E-state index in [0.29, 0.717) is 84.7 Å². The molecule has 0 amide bonds. The predicted molar refractivity (Wildman–Crippen MR) is 329 cm³/mol. The van der Waals surface area contributed by atoms with Gasteiger partial charge in [-0.2, -0.15) is 55.1 Å². The van der Waals surface area contributed by atoms with E-state index >= 15 is 35.1 Å². The highest BCUT2D eigenvalue weighted by Gasteiger charge is 2.54. The van der Waals surface area contributed by atoms with Crippen molar-refractivity contribution in [3.05, 3.63) is 302 Å². The zero-order valence-electron chi connectivity index (χ0n) is 46.2. The van der Waals surface area contributed by atoms with Gasteiger partial charge in [0.05, 0.1) is 33.1 Å². The zero-order valence-corrected chi connectivity index (χ0v) is 52.5. The first-order valence-corrected chi connectivity index (χ1v) is 30.6. The molecule has 0 unspecified atom stereocenters. The monoisotopic (exact) mass is 1540 g/mol. The minimum atomic E-state index is -1.83. The molecule has 94 heavy (non-hydrogen) atoms. The maximum absolute atomic E-state index is 15.1. The van der Waals surface area contributed by atoms with Crippen LogP contribution in [0.1, 0.15) is 44.5 Å². The number of rotatable bonds is 4. The van der Waals surface area contributed by atoms with Crippen molar-refractivity contribution in [1.82, 2.24) is 19.9 Å². The first-order chi connectivity index (χ1) is 44.9. The summed E-state index contributed by atoms with van der Waals surface area (Å²) in [7, 11) is 0. The van der Waals surface area contributed by atoms with Crippen LogP contribution < -0.4 is 0 Å².